The molecular weight excluding hydrogens is 378 g/mol. The zero-order chi connectivity index (χ0) is 21.0. The van der Waals surface area contributed by atoms with E-state index in [4.69, 9.17) is 4.74 Å². The highest BCUT2D eigenvalue weighted by Crippen LogP contribution is 2.38. The molecule has 2 amide bonds. The van der Waals surface area contributed by atoms with Crippen molar-refractivity contribution in [1.82, 2.24) is 10.2 Å². The molecule has 0 bridgehead atoms. The maximum Gasteiger partial charge on any atom is 0.260 e. The first kappa shape index (κ1) is 21.5. The van der Waals surface area contributed by atoms with Crippen LogP contribution in [0.5, 0.6) is 5.75 Å². The average molecular weight is 408 g/mol. The molecule has 7 heteroatoms. The third kappa shape index (κ3) is 5.67. The van der Waals surface area contributed by atoms with Gasteiger partial charge in [0, 0.05) is 37.0 Å². The van der Waals surface area contributed by atoms with Gasteiger partial charge in [0.1, 0.15) is 5.75 Å². The van der Waals surface area contributed by atoms with Gasteiger partial charge in [-0.3, -0.25) is 9.59 Å². The van der Waals surface area contributed by atoms with Crippen LogP contribution in [-0.4, -0.2) is 47.9 Å². The number of benzene rings is 1. The number of carbonyl (C=O) groups is 2. The smallest absolute Gasteiger partial charge is 0.260 e. The Labute approximate surface area is 170 Å². The van der Waals surface area contributed by atoms with Crippen molar-refractivity contribution in [2.45, 2.75) is 70.4 Å². The summed E-state index contributed by atoms with van der Waals surface area (Å²) in [4.78, 5) is 26.6. The van der Waals surface area contributed by atoms with Crippen LogP contribution in [0, 0.1) is 5.92 Å². The average Bonchev–Trinajstić information content (AvgIpc) is 3.03. The number of nitrogens with zero attached hydrogens (tertiary/aromatic N) is 1. The number of halogens is 2. The third-order valence-electron chi connectivity index (χ3n) is 6.02. The number of likely N-dealkylation sites (tertiary alicyclic amines) is 1. The lowest BCUT2D eigenvalue weighted by Crippen LogP contribution is -2.49. The van der Waals surface area contributed by atoms with Crippen molar-refractivity contribution in [1.29, 1.82) is 0 Å². The van der Waals surface area contributed by atoms with Crippen LogP contribution in [-0.2, 0) is 4.79 Å². The predicted octanol–water partition coefficient (Wildman–Crippen LogP) is 4.02. The molecule has 1 aliphatic carbocycles. The molecule has 3 rings (SSSR count). The van der Waals surface area contributed by atoms with Crippen LogP contribution in [0.15, 0.2) is 24.3 Å². The molecule has 1 aromatic rings. The molecule has 1 saturated heterocycles. The number of ether oxygens (including phenoxy) is 1. The van der Waals surface area contributed by atoms with E-state index in [1.807, 2.05) is 4.90 Å². The highest BCUT2D eigenvalue weighted by atomic mass is 19.3. The molecule has 29 heavy (non-hydrogen) atoms. The summed E-state index contributed by atoms with van der Waals surface area (Å²) in [5.74, 6) is -2.58. The minimum absolute atomic E-state index is 0.0279. The highest BCUT2D eigenvalue weighted by molar-refractivity contribution is 5.94. The second-order valence-corrected chi connectivity index (χ2v) is 8.42. The van der Waals surface area contributed by atoms with Crippen molar-refractivity contribution >= 4 is 11.8 Å². The van der Waals surface area contributed by atoms with E-state index in [9.17, 15) is 18.4 Å². The molecule has 160 valence electrons. The van der Waals surface area contributed by atoms with Crippen molar-refractivity contribution in [2.75, 3.05) is 13.2 Å². The monoisotopic (exact) mass is 408 g/mol. The van der Waals surface area contributed by atoms with Crippen LogP contribution in [0.4, 0.5) is 8.78 Å². The molecule has 0 unspecified atom stereocenters. The van der Waals surface area contributed by atoms with Gasteiger partial charge in [0.15, 0.2) is 6.61 Å². The van der Waals surface area contributed by atoms with E-state index in [2.05, 4.69) is 19.2 Å². The Bertz CT molecular complexity index is 713. The molecule has 1 aromatic carbocycles. The summed E-state index contributed by atoms with van der Waals surface area (Å²) in [6.07, 6.45) is 3.33. The number of alkyl halides is 2. The van der Waals surface area contributed by atoms with Gasteiger partial charge < -0.3 is 15.0 Å². The number of hydrogen-bond donors (Lipinski definition) is 1. The Morgan fingerprint density at radius 3 is 2.38 bits per heavy atom. The predicted molar refractivity (Wildman–Crippen MR) is 106 cm³/mol. The third-order valence-corrected chi connectivity index (χ3v) is 6.02. The lowest BCUT2D eigenvalue weighted by Gasteiger charge is -2.38. The lowest BCUT2D eigenvalue weighted by atomic mass is 9.97. The zero-order valence-corrected chi connectivity index (χ0v) is 17.1. The van der Waals surface area contributed by atoms with Crippen molar-refractivity contribution in [3.63, 3.8) is 0 Å². The molecule has 2 fully saturated rings. The second-order valence-electron chi connectivity index (χ2n) is 8.42. The van der Waals surface area contributed by atoms with Gasteiger partial charge in [-0.2, -0.15) is 0 Å². The van der Waals surface area contributed by atoms with E-state index in [0.29, 0.717) is 17.7 Å². The van der Waals surface area contributed by atoms with Crippen molar-refractivity contribution in [3.8, 4) is 5.75 Å². The van der Waals surface area contributed by atoms with Gasteiger partial charge in [0.25, 0.3) is 11.8 Å². The van der Waals surface area contributed by atoms with E-state index in [1.165, 1.54) is 0 Å². The minimum Gasteiger partial charge on any atom is -0.484 e. The SMILES string of the molecule is C[C@@H]1CCC[C@@H](C)N1C(=O)COc1ccc(C(=O)NC[C@H]2CCC(F)(F)C2)cc1. The van der Waals surface area contributed by atoms with E-state index >= 15 is 0 Å². The molecule has 0 radical (unpaired) electrons. The molecule has 3 atom stereocenters. The maximum absolute atomic E-state index is 13.2. The fourth-order valence-electron chi connectivity index (χ4n) is 4.39. The summed E-state index contributed by atoms with van der Waals surface area (Å²) in [7, 11) is 0. The van der Waals surface area contributed by atoms with E-state index in [0.717, 1.165) is 19.3 Å². The summed E-state index contributed by atoms with van der Waals surface area (Å²) < 4.78 is 32.1. The van der Waals surface area contributed by atoms with E-state index in [1.54, 1.807) is 24.3 Å². The highest BCUT2D eigenvalue weighted by Gasteiger charge is 2.39. The molecule has 1 heterocycles. The fraction of sp³-hybridized carbons (Fsp3) is 0.636. The van der Waals surface area contributed by atoms with Gasteiger partial charge in [0.05, 0.1) is 0 Å². The van der Waals surface area contributed by atoms with Crippen molar-refractivity contribution in [3.05, 3.63) is 29.8 Å². The summed E-state index contributed by atoms with van der Waals surface area (Å²) in [5, 5.41) is 2.73. The Morgan fingerprint density at radius 1 is 1.14 bits per heavy atom. The Kier molecular flexibility index (Phi) is 6.75. The summed E-state index contributed by atoms with van der Waals surface area (Å²) >= 11 is 0. The van der Waals surface area contributed by atoms with Gasteiger partial charge in [-0.25, -0.2) is 8.78 Å². The largest absolute Gasteiger partial charge is 0.484 e. The standard InChI is InChI=1S/C22H30F2N2O3/c1-15-4-3-5-16(2)26(15)20(27)14-29-19-8-6-18(7-9-19)21(28)25-13-17-10-11-22(23,24)12-17/h6-9,15-17H,3-5,10-14H2,1-2H3,(H,25,28)/t15-,16-,17+/m1/s1. The molecule has 1 N–H and O–H groups in total. The van der Waals surface area contributed by atoms with Gasteiger partial charge in [-0.1, -0.05) is 0 Å². The normalized spacial score (nSPS) is 26.2. The minimum atomic E-state index is -2.60. The lowest BCUT2D eigenvalue weighted by molar-refractivity contribution is -0.139. The number of carbonyl (C=O) groups excluding carboxylic acids is 2. The van der Waals surface area contributed by atoms with Crippen LogP contribution in [0.25, 0.3) is 0 Å². The van der Waals surface area contributed by atoms with Gasteiger partial charge >= 0.3 is 0 Å². The first-order valence-corrected chi connectivity index (χ1v) is 10.5. The first-order chi connectivity index (χ1) is 13.7. The van der Waals surface area contributed by atoms with Crippen LogP contribution in [0.2, 0.25) is 0 Å². The molecule has 0 aromatic heterocycles. The number of hydrogen-bond acceptors (Lipinski definition) is 3. The number of rotatable bonds is 6. The quantitative estimate of drug-likeness (QED) is 0.774. The topological polar surface area (TPSA) is 58.6 Å². The van der Waals surface area contributed by atoms with Crippen LogP contribution >= 0.6 is 0 Å². The van der Waals surface area contributed by atoms with Crippen LogP contribution in [0.1, 0.15) is 62.7 Å². The zero-order valence-electron chi connectivity index (χ0n) is 17.1. The number of amides is 2. The number of nitrogens with one attached hydrogen (secondary N) is 1. The molecular formula is C22H30F2N2O3. The molecule has 2 aliphatic rings. The fourth-order valence-corrected chi connectivity index (χ4v) is 4.39. The second kappa shape index (κ2) is 9.09. The van der Waals surface area contributed by atoms with E-state index < -0.39 is 5.92 Å². The molecule has 0 spiro atoms. The number of piperidine rings is 1. The summed E-state index contributed by atoms with van der Waals surface area (Å²) in [5.41, 5.74) is 0.437. The van der Waals surface area contributed by atoms with Crippen LogP contribution < -0.4 is 10.1 Å². The maximum atomic E-state index is 13.2. The van der Waals surface area contributed by atoms with Crippen molar-refractivity contribution < 1.29 is 23.1 Å². The van der Waals surface area contributed by atoms with E-state index in [-0.39, 0.29) is 55.8 Å². The Morgan fingerprint density at radius 2 is 1.79 bits per heavy atom. The first-order valence-electron chi connectivity index (χ1n) is 10.5. The van der Waals surface area contributed by atoms with Crippen molar-refractivity contribution in [2.24, 2.45) is 5.92 Å². The summed E-state index contributed by atoms with van der Waals surface area (Å²) in [6, 6.07) is 6.97. The summed E-state index contributed by atoms with van der Waals surface area (Å²) in [6.45, 7) is 4.35. The van der Waals surface area contributed by atoms with Gasteiger partial charge in [0.2, 0.25) is 5.92 Å². The molecule has 1 aliphatic heterocycles. The molecule has 5 nitrogen and oxygen atoms in total. The Hall–Kier alpha value is -2.18. The van der Waals surface area contributed by atoms with Gasteiger partial charge in [-0.15, -0.1) is 0 Å². The van der Waals surface area contributed by atoms with Crippen LogP contribution in [0.3, 0.4) is 0 Å². The molecule has 1 saturated carbocycles. The van der Waals surface area contributed by atoms with Gasteiger partial charge in [-0.05, 0) is 69.7 Å². The Balaban J connectivity index is 1.46.